The van der Waals surface area contributed by atoms with Gasteiger partial charge in [0.05, 0.1) is 12.6 Å². The molecule has 0 aromatic carbocycles. The summed E-state index contributed by atoms with van der Waals surface area (Å²) in [6.45, 7) is 6.98. The molecule has 102 valence electrons. The third-order valence-corrected chi connectivity index (χ3v) is 4.93. The third kappa shape index (κ3) is 1.30. The van der Waals surface area contributed by atoms with Crippen LogP contribution in [0.4, 0.5) is 0 Å². The van der Waals surface area contributed by atoms with E-state index in [4.69, 9.17) is 4.74 Å². The first-order chi connectivity index (χ1) is 8.91. The number of hydrogen-bond acceptors (Lipinski definition) is 3. The van der Waals surface area contributed by atoms with Gasteiger partial charge in [-0.05, 0) is 12.8 Å². The summed E-state index contributed by atoms with van der Waals surface area (Å²) in [4.78, 5) is 24.3. The summed E-state index contributed by atoms with van der Waals surface area (Å²) >= 11 is 0. The smallest absolute Gasteiger partial charge is 0.272 e. The minimum atomic E-state index is -0.227. The minimum absolute atomic E-state index is 0.147. The van der Waals surface area contributed by atoms with Crippen LogP contribution in [0, 0.1) is 5.92 Å². The van der Waals surface area contributed by atoms with Crippen molar-refractivity contribution in [3.05, 3.63) is 27.7 Å². The van der Waals surface area contributed by atoms with E-state index in [1.165, 1.54) is 7.11 Å². The van der Waals surface area contributed by atoms with Gasteiger partial charge in [0.1, 0.15) is 0 Å². The highest BCUT2D eigenvalue weighted by Crippen LogP contribution is 2.47. The van der Waals surface area contributed by atoms with Crippen molar-refractivity contribution in [1.29, 1.82) is 0 Å². The number of hydrogen-bond donors (Lipinski definition) is 1. The standard InChI is InChI=1S/C14H18N2O3/c1-7-8(2)14(3)6-15-13(18)11-12(19-4)10(17)5-9(7)16(11)14/h5,7-8H,6H2,1-4H3,(H,15,18). The number of methoxy groups -OCH3 is 1. The van der Waals surface area contributed by atoms with E-state index in [1.54, 1.807) is 6.07 Å². The molecule has 3 unspecified atom stereocenters. The third-order valence-electron chi connectivity index (χ3n) is 4.93. The Hall–Kier alpha value is -1.78. The van der Waals surface area contributed by atoms with Gasteiger partial charge in [-0.15, -0.1) is 0 Å². The SMILES string of the molecule is COc1c2n3c(cc1=O)C(C)C(C)C3(C)CNC2=O. The predicted octanol–water partition coefficient (Wildman–Crippen LogP) is 1.07. The number of aromatic nitrogens is 1. The summed E-state index contributed by atoms with van der Waals surface area (Å²) in [6, 6.07) is 1.62. The molecule has 0 spiro atoms. The number of nitrogens with zero attached hydrogens (tertiary/aromatic N) is 1. The van der Waals surface area contributed by atoms with Gasteiger partial charge in [-0.3, -0.25) is 9.59 Å². The molecule has 3 heterocycles. The van der Waals surface area contributed by atoms with Crippen molar-refractivity contribution >= 4 is 5.91 Å². The summed E-state index contributed by atoms with van der Waals surface area (Å²) in [5, 5.41) is 2.89. The topological polar surface area (TPSA) is 60.3 Å². The highest BCUT2D eigenvalue weighted by Gasteiger charge is 2.49. The van der Waals surface area contributed by atoms with Crippen LogP contribution in [0.15, 0.2) is 10.9 Å². The fourth-order valence-electron chi connectivity index (χ4n) is 3.48. The zero-order chi connectivity index (χ0) is 13.9. The summed E-state index contributed by atoms with van der Waals surface area (Å²) in [6.07, 6.45) is 0. The second kappa shape index (κ2) is 3.62. The molecule has 1 aromatic heterocycles. The monoisotopic (exact) mass is 262 g/mol. The fourth-order valence-corrected chi connectivity index (χ4v) is 3.48. The summed E-state index contributed by atoms with van der Waals surface area (Å²) in [5.41, 5.74) is 0.892. The van der Waals surface area contributed by atoms with Gasteiger partial charge in [0.15, 0.2) is 11.4 Å². The molecule has 1 amide bonds. The molecule has 3 rings (SSSR count). The molecule has 1 N–H and O–H groups in total. The molecule has 2 aliphatic rings. The molecule has 0 radical (unpaired) electrons. The lowest BCUT2D eigenvalue weighted by atomic mass is 9.81. The van der Waals surface area contributed by atoms with Crippen LogP contribution in [0.1, 0.15) is 42.9 Å². The Kier molecular flexibility index (Phi) is 2.34. The average molecular weight is 262 g/mol. The normalized spacial score (nSPS) is 31.9. The first-order valence-electron chi connectivity index (χ1n) is 6.54. The van der Waals surface area contributed by atoms with E-state index in [0.29, 0.717) is 18.2 Å². The zero-order valence-corrected chi connectivity index (χ0v) is 11.6. The lowest BCUT2D eigenvalue weighted by Gasteiger charge is -2.38. The molecular weight excluding hydrogens is 244 g/mol. The van der Waals surface area contributed by atoms with E-state index in [-0.39, 0.29) is 28.5 Å². The van der Waals surface area contributed by atoms with E-state index in [9.17, 15) is 9.59 Å². The van der Waals surface area contributed by atoms with Crippen molar-refractivity contribution in [2.75, 3.05) is 13.7 Å². The Labute approximate surface area is 111 Å². The molecule has 19 heavy (non-hydrogen) atoms. The van der Waals surface area contributed by atoms with Gasteiger partial charge in [-0.1, -0.05) is 13.8 Å². The van der Waals surface area contributed by atoms with E-state index in [0.717, 1.165) is 5.69 Å². The van der Waals surface area contributed by atoms with Crippen LogP contribution in [0.5, 0.6) is 5.75 Å². The van der Waals surface area contributed by atoms with Crippen LogP contribution in [0.25, 0.3) is 0 Å². The Bertz CT molecular complexity index is 634. The molecule has 0 saturated heterocycles. The van der Waals surface area contributed by atoms with Gasteiger partial charge in [0, 0.05) is 24.2 Å². The minimum Gasteiger partial charge on any atom is -0.491 e. The second-order valence-electron chi connectivity index (χ2n) is 5.77. The molecule has 5 heteroatoms. The molecule has 2 aliphatic heterocycles. The van der Waals surface area contributed by atoms with Gasteiger partial charge >= 0.3 is 0 Å². The van der Waals surface area contributed by atoms with Crippen LogP contribution in [0.2, 0.25) is 0 Å². The Morgan fingerprint density at radius 2 is 2.11 bits per heavy atom. The van der Waals surface area contributed by atoms with Gasteiger partial charge < -0.3 is 14.6 Å². The van der Waals surface area contributed by atoms with E-state index in [1.807, 2.05) is 4.57 Å². The van der Waals surface area contributed by atoms with Crippen molar-refractivity contribution < 1.29 is 9.53 Å². The number of carbonyl (C=O) groups is 1. The molecule has 0 fully saturated rings. The highest BCUT2D eigenvalue weighted by molar-refractivity contribution is 5.96. The van der Waals surface area contributed by atoms with Crippen molar-refractivity contribution in [3.8, 4) is 5.75 Å². The number of pyridine rings is 1. The fraction of sp³-hybridized carbons (Fsp3) is 0.571. The molecule has 5 nitrogen and oxygen atoms in total. The summed E-state index contributed by atoms with van der Waals surface area (Å²) < 4.78 is 7.18. The van der Waals surface area contributed by atoms with Crippen molar-refractivity contribution in [3.63, 3.8) is 0 Å². The van der Waals surface area contributed by atoms with Crippen LogP contribution in [0.3, 0.4) is 0 Å². The number of amides is 1. The molecular formula is C14H18N2O3. The maximum Gasteiger partial charge on any atom is 0.272 e. The first kappa shape index (κ1) is 12.3. The number of carbonyl (C=O) groups excluding carboxylic acids is 1. The first-order valence-corrected chi connectivity index (χ1v) is 6.54. The summed E-state index contributed by atoms with van der Waals surface area (Å²) in [5.74, 6) is 0.511. The maximum atomic E-state index is 12.1. The zero-order valence-electron chi connectivity index (χ0n) is 11.6. The van der Waals surface area contributed by atoms with Crippen LogP contribution in [-0.2, 0) is 5.54 Å². The van der Waals surface area contributed by atoms with Gasteiger partial charge in [-0.2, -0.15) is 0 Å². The van der Waals surface area contributed by atoms with E-state index >= 15 is 0 Å². The Morgan fingerprint density at radius 1 is 1.42 bits per heavy atom. The molecule has 0 bridgehead atoms. The molecule has 1 aromatic rings. The van der Waals surface area contributed by atoms with Crippen LogP contribution >= 0.6 is 0 Å². The lowest BCUT2D eigenvalue weighted by molar-refractivity contribution is 0.0848. The highest BCUT2D eigenvalue weighted by atomic mass is 16.5. The quantitative estimate of drug-likeness (QED) is 0.823. The van der Waals surface area contributed by atoms with Crippen molar-refractivity contribution in [2.45, 2.75) is 32.2 Å². The summed E-state index contributed by atoms with van der Waals surface area (Å²) in [7, 11) is 1.43. The van der Waals surface area contributed by atoms with E-state index < -0.39 is 0 Å². The Balaban J connectivity index is 2.44. The number of rotatable bonds is 1. The van der Waals surface area contributed by atoms with Crippen LogP contribution < -0.4 is 15.5 Å². The molecule has 0 aliphatic carbocycles. The van der Waals surface area contributed by atoms with Gasteiger partial charge in [0.2, 0.25) is 5.43 Å². The van der Waals surface area contributed by atoms with Crippen molar-refractivity contribution in [2.24, 2.45) is 5.92 Å². The Morgan fingerprint density at radius 3 is 2.74 bits per heavy atom. The number of nitrogens with one attached hydrogen (secondary N) is 1. The van der Waals surface area contributed by atoms with Gasteiger partial charge in [-0.25, -0.2) is 0 Å². The largest absolute Gasteiger partial charge is 0.491 e. The van der Waals surface area contributed by atoms with Gasteiger partial charge in [0.25, 0.3) is 5.91 Å². The molecule has 0 saturated carbocycles. The van der Waals surface area contributed by atoms with E-state index in [2.05, 4.69) is 26.1 Å². The molecule has 3 atom stereocenters. The second-order valence-corrected chi connectivity index (χ2v) is 5.77. The number of ether oxygens (including phenoxy) is 1. The van der Waals surface area contributed by atoms with Crippen LogP contribution in [-0.4, -0.2) is 24.1 Å². The lowest BCUT2D eigenvalue weighted by Crippen LogP contribution is -2.52. The predicted molar refractivity (Wildman–Crippen MR) is 70.8 cm³/mol. The average Bonchev–Trinajstić information content (AvgIpc) is 2.57. The maximum absolute atomic E-state index is 12.1. The van der Waals surface area contributed by atoms with Crippen molar-refractivity contribution in [1.82, 2.24) is 9.88 Å².